The van der Waals surface area contributed by atoms with Gasteiger partial charge in [0.15, 0.2) is 5.96 Å². The number of ether oxygens (including phenoxy) is 3. The maximum absolute atomic E-state index is 5.57. The highest BCUT2D eigenvalue weighted by Gasteiger charge is 2.33. The van der Waals surface area contributed by atoms with E-state index in [1.165, 1.54) is 32.1 Å². The fraction of sp³-hybridized carbons (Fsp3) is 0.947. The standard InChI is InChI=1S/C19H39N3O3/c1-4-5-12-24-15-16-25-14-11-21-18(20-2)22-17-19(10-13-23-3)8-6-7-9-19/h4-17H2,1-3H3,(H2,20,21,22). The number of hydrogen-bond acceptors (Lipinski definition) is 4. The van der Waals surface area contributed by atoms with Gasteiger partial charge in [-0.05, 0) is 31.1 Å². The van der Waals surface area contributed by atoms with Gasteiger partial charge in [0.1, 0.15) is 0 Å². The summed E-state index contributed by atoms with van der Waals surface area (Å²) in [6.45, 7) is 7.53. The molecule has 0 unspecified atom stereocenters. The van der Waals surface area contributed by atoms with Gasteiger partial charge >= 0.3 is 0 Å². The van der Waals surface area contributed by atoms with Crippen molar-refractivity contribution in [1.82, 2.24) is 10.6 Å². The van der Waals surface area contributed by atoms with Gasteiger partial charge in [-0.2, -0.15) is 0 Å². The molecule has 0 spiro atoms. The zero-order valence-corrected chi connectivity index (χ0v) is 16.6. The number of hydrogen-bond donors (Lipinski definition) is 2. The van der Waals surface area contributed by atoms with Crippen LogP contribution in [0.2, 0.25) is 0 Å². The molecule has 0 aliphatic heterocycles. The summed E-state index contributed by atoms with van der Waals surface area (Å²) in [6.07, 6.45) is 8.62. The summed E-state index contributed by atoms with van der Waals surface area (Å²) in [4.78, 5) is 4.31. The van der Waals surface area contributed by atoms with Gasteiger partial charge in [-0.1, -0.05) is 26.2 Å². The fourth-order valence-corrected chi connectivity index (χ4v) is 3.26. The zero-order chi connectivity index (χ0) is 18.2. The lowest BCUT2D eigenvalue weighted by Gasteiger charge is -2.29. The van der Waals surface area contributed by atoms with Crippen LogP contribution >= 0.6 is 0 Å². The third-order valence-electron chi connectivity index (χ3n) is 4.91. The zero-order valence-electron chi connectivity index (χ0n) is 16.6. The SMILES string of the molecule is CCCCOCCOCCNC(=NC)NCC1(CCOC)CCCC1. The summed E-state index contributed by atoms with van der Waals surface area (Å²) in [5.41, 5.74) is 0.361. The lowest BCUT2D eigenvalue weighted by Crippen LogP contribution is -2.44. The number of nitrogens with zero attached hydrogens (tertiary/aromatic N) is 1. The molecule has 2 N–H and O–H groups in total. The van der Waals surface area contributed by atoms with Crippen LogP contribution in [0, 0.1) is 5.41 Å². The molecule has 0 radical (unpaired) electrons. The Morgan fingerprint density at radius 2 is 1.72 bits per heavy atom. The highest BCUT2D eigenvalue weighted by atomic mass is 16.5. The molecule has 0 bridgehead atoms. The first-order valence-electron chi connectivity index (χ1n) is 9.85. The predicted octanol–water partition coefficient (Wildman–Crippen LogP) is 2.58. The predicted molar refractivity (Wildman–Crippen MR) is 103 cm³/mol. The van der Waals surface area contributed by atoms with Crippen molar-refractivity contribution in [1.29, 1.82) is 0 Å². The summed E-state index contributed by atoms with van der Waals surface area (Å²) in [6, 6.07) is 0. The van der Waals surface area contributed by atoms with Crippen molar-refractivity contribution in [3.63, 3.8) is 0 Å². The van der Waals surface area contributed by atoms with Crippen molar-refractivity contribution in [2.45, 2.75) is 51.9 Å². The largest absolute Gasteiger partial charge is 0.385 e. The van der Waals surface area contributed by atoms with Crippen molar-refractivity contribution in [3.05, 3.63) is 0 Å². The third kappa shape index (κ3) is 10.0. The third-order valence-corrected chi connectivity index (χ3v) is 4.91. The van der Waals surface area contributed by atoms with E-state index >= 15 is 0 Å². The number of methoxy groups -OCH3 is 1. The van der Waals surface area contributed by atoms with Crippen LogP contribution < -0.4 is 10.6 Å². The molecule has 1 saturated carbocycles. The first-order valence-corrected chi connectivity index (χ1v) is 9.85. The summed E-state index contributed by atoms with van der Waals surface area (Å²) in [7, 11) is 3.60. The molecule has 0 saturated heterocycles. The molecule has 148 valence electrons. The van der Waals surface area contributed by atoms with E-state index in [-0.39, 0.29) is 0 Å². The monoisotopic (exact) mass is 357 g/mol. The van der Waals surface area contributed by atoms with Gasteiger partial charge in [-0.15, -0.1) is 0 Å². The van der Waals surface area contributed by atoms with Crippen molar-refractivity contribution < 1.29 is 14.2 Å². The molecule has 1 rings (SSSR count). The molecule has 0 heterocycles. The number of aliphatic imine (C=N–C) groups is 1. The van der Waals surface area contributed by atoms with Crippen LogP contribution in [0.15, 0.2) is 4.99 Å². The molecule has 1 fully saturated rings. The van der Waals surface area contributed by atoms with E-state index < -0.39 is 0 Å². The van der Waals surface area contributed by atoms with Crippen LogP contribution in [-0.4, -0.2) is 66.2 Å². The van der Waals surface area contributed by atoms with Gasteiger partial charge in [0.05, 0.1) is 19.8 Å². The Morgan fingerprint density at radius 1 is 1.00 bits per heavy atom. The molecule has 0 aromatic carbocycles. The van der Waals surface area contributed by atoms with Crippen LogP contribution in [0.5, 0.6) is 0 Å². The average Bonchev–Trinajstić information content (AvgIpc) is 3.10. The first kappa shape index (κ1) is 22.2. The van der Waals surface area contributed by atoms with E-state index in [0.717, 1.165) is 45.1 Å². The molecule has 1 aliphatic rings. The highest BCUT2D eigenvalue weighted by Crippen LogP contribution is 2.40. The van der Waals surface area contributed by atoms with E-state index in [0.29, 0.717) is 25.2 Å². The van der Waals surface area contributed by atoms with Crippen LogP contribution in [0.1, 0.15) is 51.9 Å². The lowest BCUT2D eigenvalue weighted by atomic mass is 9.83. The van der Waals surface area contributed by atoms with Crippen molar-refractivity contribution >= 4 is 5.96 Å². The molecule has 6 nitrogen and oxygen atoms in total. The molecular weight excluding hydrogens is 318 g/mol. The van der Waals surface area contributed by atoms with Gasteiger partial charge < -0.3 is 24.8 Å². The van der Waals surface area contributed by atoms with Gasteiger partial charge in [0.2, 0.25) is 0 Å². The Labute approximate surface area is 154 Å². The molecule has 0 aromatic rings. The van der Waals surface area contributed by atoms with Crippen molar-refractivity contribution in [2.24, 2.45) is 10.4 Å². The molecule has 25 heavy (non-hydrogen) atoms. The number of nitrogens with one attached hydrogen (secondary N) is 2. The second-order valence-corrected chi connectivity index (χ2v) is 6.88. The summed E-state index contributed by atoms with van der Waals surface area (Å²) in [5, 5.41) is 6.81. The molecule has 0 amide bonds. The van der Waals surface area contributed by atoms with Crippen molar-refractivity contribution in [2.75, 3.05) is 60.3 Å². The fourth-order valence-electron chi connectivity index (χ4n) is 3.26. The first-order chi connectivity index (χ1) is 12.3. The summed E-state index contributed by atoms with van der Waals surface area (Å²) < 4.78 is 16.3. The van der Waals surface area contributed by atoms with Gasteiger partial charge in [-0.3, -0.25) is 4.99 Å². The van der Waals surface area contributed by atoms with Crippen molar-refractivity contribution in [3.8, 4) is 0 Å². The van der Waals surface area contributed by atoms with E-state index in [2.05, 4.69) is 22.5 Å². The second kappa shape index (κ2) is 14.3. The Balaban J connectivity index is 2.11. The van der Waals surface area contributed by atoms with Gasteiger partial charge in [-0.25, -0.2) is 0 Å². The summed E-state index contributed by atoms with van der Waals surface area (Å²) in [5.74, 6) is 0.853. The quantitative estimate of drug-likeness (QED) is 0.284. The second-order valence-electron chi connectivity index (χ2n) is 6.88. The van der Waals surface area contributed by atoms with Gasteiger partial charge in [0, 0.05) is 40.5 Å². The molecule has 0 atom stereocenters. The number of rotatable bonds is 14. The van der Waals surface area contributed by atoms with E-state index in [1.54, 1.807) is 7.11 Å². The molecule has 6 heteroatoms. The van der Waals surface area contributed by atoms with Gasteiger partial charge in [0.25, 0.3) is 0 Å². The molecule has 1 aliphatic carbocycles. The van der Waals surface area contributed by atoms with E-state index in [1.807, 2.05) is 7.05 Å². The maximum Gasteiger partial charge on any atom is 0.191 e. The smallest absolute Gasteiger partial charge is 0.191 e. The van der Waals surface area contributed by atoms with E-state index in [9.17, 15) is 0 Å². The van der Waals surface area contributed by atoms with Crippen LogP contribution in [0.25, 0.3) is 0 Å². The Morgan fingerprint density at radius 3 is 2.36 bits per heavy atom. The van der Waals surface area contributed by atoms with Crippen LogP contribution in [-0.2, 0) is 14.2 Å². The average molecular weight is 358 g/mol. The molecule has 0 aromatic heterocycles. The Bertz CT molecular complexity index is 345. The van der Waals surface area contributed by atoms with Crippen LogP contribution in [0.3, 0.4) is 0 Å². The van der Waals surface area contributed by atoms with E-state index in [4.69, 9.17) is 14.2 Å². The minimum Gasteiger partial charge on any atom is -0.385 e. The summed E-state index contributed by atoms with van der Waals surface area (Å²) >= 11 is 0. The topological polar surface area (TPSA) is 64.1 Å². The minimum atomic E-state index is 0.361. The lowest BCUT2D eigenvalue weighted by molar-refractivity contribution is 0.0487. The Kier molecular flexibility index (Phi) is 12.7. The number of guanidine groups is 1. The normalized spacial score (nSPS) is 17.0. The maximum atomic E-state index is 5.57. The minimum absolute atomic E-state index is 0.361. The molecular formula is C19H39N3O3. The van der Waals surface area contributed by atoms with Crippen LogP contribution in [0.4, 0.5) is 0 Å². The highest BCUT2D eigenvalue weighted by molar-refractivity contribution is 5.79. The Hall–Kier alpha value is -0.850. The number of unbranched alkanes of at least 4 members (excludes halogenated alkanes) is 1.